The summed E-state index contributed by atoms with van der Waals surface area (Å²) < 4.78 is 31.2. The molecule has 3 aromatic carbocycles. The van der Waals surface area contributed by atoms with Gasteiger partial charge in [-0.15, -0.1) is 0 Å². The molecule has 0 spiro atoms. The van der Waals surface area contributed by atoms with Gasteiger partial charge in [0.15, 0.2) is 5.69 Å². The van der Waals surface area contributed by atoms with Crippen LogP contribution in [0.2, 0.25) is 0 Å². The quantitative estimate of drug-likeness (QED) is 0.390. The van der Waals surface area contributed by atoms with E-state index in [-0.39, 0.29) is 5.69 Å². The lowest BCUT2D eigenvalue weighted by Gasteiger charge is -2.07. The topological polar surface area (TPSA) is 29.9 Å². The van der Waals surface area contributed by atoms with Crippen molar-refractivity contribution in [1.82, 2.24) is 4.98 Å². The molecule has 0 N–H and O–H groups in total. The normalized spacial score (nSPS) is 13.8. The van der Waals surface area contributed by atoms with E-state index in [1.807, 2.05) is 42.8 Å². The summed E-state index contributed by atoms with van der Waals surface area (Å²) in [6.45, 7) is -0.239. The van der Waals surface area contributed by atoms with E-state index in [1.54, 1.807) is 12.4 Å². The van der Waals surface area contributed by atoms with Crippen LogP contribution in [0.25, 0.3) is 44.0 Å². The molecular weight excluding hydrogens is 320 g/mol. The first kappa shape index (κ1) is 12.2. The molecule has 0 saturated heterocycles. The predicted octanol–water partition coefficient (Wildman–Crippen LogP) is 5.24. The summed E-state index contributed by atoms with van der Waals surface area (Å²) in [4.78, 5) is 4.07. The fourth-order valence-electron chi connectivity index (χ4n) is 3.73. The number of hydrogen-bond acceptors (Lipinski definition) is 2. The standard InChI is InChI=1S/C23H19N2O/c1-14-12-21(25(3)13-24-14)17-10-11-19-20-9-8-16-6-4-5-7-18(16)23(20)26-22(19)15(17)2/h4-13H,1-3H3/q+1/i1D3. The van der Waals surface area contributed by atoms with Crippen LogP contribution in [0.15, 0.2) is 65.3 Å². The molecule has 0 amide bonds. The van der Waals surface area contributed by atoms with E-state index in [4.69, 9.17) is 8.53 Å². The number of hydrogen-bond donors (Lipinski definition) is 0. The number of aromatic nitrogens is 2. The molecule has 5 rings (SSSR count). The second-order valence-electron chi connectivity index (χ2n) is 6.65. The van der Waals surface area contributed by atoms with Crippen molar-refractivity contribution in [2.24, 2.45) is 7.05 Å². The first-order chi connectivity index (χ1) is 13.8. The molecule has 0 atom stereocenters. The van der Waals surface area contributed by atoms with Crippen molar-refractivity contribution < 1.29 is 13.1 Å². The number of rotatable bonds is 1. The average Bonchev–Trinajstić information content (AvgIpc) is 3.08. The van der Waals surface area contributed by atoms with Crippen LogP contribution >= 0.6 is 0 Å². The molecule has 26 heavy (non-hydrogen) atoms. The lowest BCUT2D eigenvalue weighted by molar-refractivity contribution is -0.663. The SMILES string of the molecule is [2H]C([2H])([2H])c1cc(-c2ccc3c(oc4c5ccccc5ccc34)c2C)[n+](C)cn1. The van der Waals surface area contributed by atoms with E-state index in [1.165, 1.54) is 0 Å². The Morgan fingerprint density at radius 2 is 1.77 bits per heavy atom. The molecule has 0 aliphatic rings. The zero-order valence-corrected chi connectivity index (χ0v) is 14.6. The average molecular weight is 342 g/mol. The third-order valence-electron chi connectivity index (χ3n) is 5.08. The second-order valence-corrected chi connectivity index (χ2v) is 6.65. The molecular formula is C23H19N2O+. The van der Waals surface area contributed by atoms with Gasteiger partial charge in [-0.3, -0.25) is 0 Å². The zero-order valence-electron chi connectivity index (χ0n) is 17.6. The van der Waals surface area contributed by atoms with E-state index < -0.39 is 6.85 Å². The molecule has 0 saturated carbocycles. The minimum atomic E-state index is -2.25. The Bertz CT molecular complexity index is 1420. The van der Waals surface area contributed by atoms with Gasteiger partial charge in [-0.05, 0) is 30.5 Å². The Morgan fingerprint density at radius 1 is 0.962 bits per heavy atom. The van der Waals surface area contributed by atoms with Crippen LogP contribution in [0, 0.1) is 13.8 Å². The van der Waals surface area contributed by atoms with E-state index in [9.17, 15) is 0 Å². The van der Waals surface area contributed by atoms with Gasteiger partial charge < -0.3 is 4.42 Å². The van der Waals surface area contributed by atoms with Crippen LogP contribution < -0.4 is 4.57 Å². The lowest BCUT2D eigenvalue weighted by Crippen LogP contribution is -2.31. The number of benzene rings is 3. The smallest absolute Gasteiger partial charge is 0.286 e. The molecule has 0 fully saturated rings. The van der Waals surface area contributed by atoms with Crippen molar-refractivity contribution in [2.45, 2.75) is 13.8 Å². The van der Waals surface area contributed by atoms with Crippen molar-refractivity contribution in [3.8, 4) is 11.3 Å². The second kappa shape index (κ2) is 5.40. The Morgan fingerprint density at radius 3 is 2.65 bits per heavy atom. The highest BCUT2D eigenvalue weighted by Crippen LogP contribution is 2.37. The Balaban J connectivity index is 1.80. The minimum Gasteiger partial charge on any atom is -0.455 e. The summed E-state index contributed by atoms with van der Waals surface area (Å²) in [5.41, 5.74) is 4.47. The molecule has 0 radical (unpaired) electrons. The van der Waals surface area contributed by atoms with E-state index in [0.29, 0.717) is 0 Å². The molecule has 0 bridgehead atoms. The minimum absolute atomic E-state index is 0.0840. The maximum absolute atomic E-state index is 7.68. The van der Waals surface area contributed by atoms with Crippen molar-refractivity contribution in [3.63, 3.8) is 0 Å². The molecule has 2 aromatic heterocycles. The fourth-order valence-corrected chi connectivity index (χ4v) is 3.73. The summed E-state index contributed by atoms with van der Waals surface area (Å²) in [7, 11) is 1.86. The van der Waals surface area contributed by atoms with Crippen LogP contribution in [-0.2, 0) is 7.05 Å². The Kier molecular flexibility index (Phi) is 2.53. The van der Waals surface area contributed by atoms with Gasteiger partial charge in [0, 0.05) is 44.3 Å². The molecule has 5 aromatic rings. The number of furan rings is 1. The maximum Gasteiger partial charge on any atom is 0.286 e. The van der Waals surface area contributed by atoms with Gasteiger partial charge in [-0.2, -0.15) is 0 Å². The van der Waals surface area contributed by atoms with E-state index in [2.05, 4.69) is 29.2 Å². The van der Waals surface area contributed by atoms with Crippen molar-refractivity contribution >= 4 is 32.7 Å². The summed E-state index contributed by atoms with van der Waals surface area (Å²) in [6, 6.07) is 18.1. The van der Waals surface area contributed by atoms with Gasteiger partial charge in [-0.25, -0.2) is 4.57 Å². The predicted molar refractivity (Wildman–Crippen MR) is 105 cm³/mol. The van der Waals surface area contributed by atoms with Crippen molar-refractivity contribution in [3.05, 3.63) is 72.2 Å². The molecule has 0 aliphatic carbocycles. The van der Waals surface area contributed by atoms with Gasteiger partial charge in [0.25, 0.3) is 6.33 Å². The molecule has 0 aliphatic heterocycles. The van der Waals surface area contributed by atoms with Crippen LogP contribution in [0.4, 0.5) is 0 Å². The summed E-state index contributed by atoms with van der Waals surface area (Å²) in [5, 5.41) is 4.36. The highest BCUT2D eigenvalue weighted by Gasteiger charge is 2.17. The molecule has 2 heterocycles. The molecule has 0 unspecified atom stereocenters. The molecule has 3 nitrogen and oxygen atoms in total. The first-order valence-corrected chi connectivity index (χ1v) is 8.55. The zero-order chi connectivity index (χ0) is 20.3. The summed E-state index contributed by atoms with van der Waals surface area (Å²) in [5.74, 6) is 0. The van der Waals surface area contributed by atoms with Crippen LogP contribution in [0.5, 0.6) is 0 Å². The van der Waals surface area contributed by atoms with Crippen LogP contribution in [0.1, 0.15) is 15.4 Å². The lowest BCUT2D eigenvalue weighted by atomic mass is 10.00. The van der Waals surface area contributed by atoms with Gasteiger partial charge in [-0.1, -0.05) is 35.3 Å². The highest BCUT2D eigenvalue weighted by molar-refractivity contribution is 6.15. The van der Waals surface area contributed by atoms with Gasteiger partial charge >= 0.3 is 0 Å². The number of aryl methyl sites for hydroxylation is 3. The monoisotopic (exact) mass is 342 g/mol. The number of nitrogens with zero attached hydrogens (tertiary/aromatic N) is 2. The summed E-state index contributed by atoms with van der Waals surface area (Å²) in [6.07, 6.45) is 1.55. The highest BCUT2D eigenvalue weighted by atomic mass is 16.3. The number of fused-ring (bicyclic) bond motifs is 5. The maximum atomic E-state index is 7.68. The van der Waals surface area contributed by atoms with Gasteiger partial charge in [0.05, 0.1) is 7.05 Å². The largest absolute Gasteiger partial charge is 0.455 e. The van der Waals surface area contributed by atoms with Crippen LogP contribution in [-0.4, -0.2) is 4.98 Å². The van der Waals surface area contributed by atoms with Gasteiger partial charge in [0.2, 0.25) is 0 Å². The fraction of sp³-hybridized carbons (Fsp3) is 0.130. The third kappa shape index (κ3) is 2.07. The Labute approximate surface area is 155 Å². The van der Waals surface area contributed by atoms with Crippen LogP contribution in [0.3, 0.4) is 0 Å². The van der Waals surface area contributed by atoms with E-state index in [0.717, 1.165) is 49.5 Å². The summed E-state index contributed by atoms with van der Waals surface area (Å²) >= 11 is 0. The Hall–Kier alpha value is -3.20. The third-order valence-corrected chi connectivity index (χ3v) is 5.08. The van der Waals surface area contributed by atoms with Gasteiger partial charge in [0.1, 0.15) is 16.9 Å². The first-order valence-electron chi connectivity index (χ1n) is 10.0. The van der Waals surface area contributed by atoms with E-state index >= 15 is 0 Å². The molecule has 126 valence electrons. The molecule has 3 heteroatoms. The van der Waals surface area contributed by atoms with Crippen molar-refractivity contribution in [1.29, 1.82) is 0 Å². The van der Waals surface area contributed by atoms with Crippen molar-refractivity contribution in [2.75, 3.05) is 0 Å².